The molecule has 1 aliphatic rings. The quantitative estimate of drug-likeness (QED) is 0.802. The van der Waals surface area contributed by atoms with Crippen LogP contribution in [0.2, 0.25) is 0 Å². The molecule has 0 aromatic carbocycles. The number of nitrogens with zero attached hydrogens (tertiary/aromatic N) is 1. The fraction of sp³-hybridized carbons (Fsp3) is 0.400. The highest BCUT2D eigenvalue weighted by Gasteiger charge is 2.05. The summed E-state index contributed by atoms with van der Waals surface area (Å²) in [7, 11) is 0. The summed E-state index contributed by atoms with van der Waals surface area (Å²) in [5.74, 6) is 2.20. The van der Waals surface area contributed by atoms with Gasteiger partial charge in [-0.05, 0) is 42.7 Å². The van der Waals surface area contributed by atoms with E-state index in [9.17, 15) is 0 Å². The van der Waals surface area contributed by atoms with Crippen molar-refractivity contribution in [2.75, 3.05) is 18.1 Å². The van der Waals surface area contributed by atoms with E-state index >= 15 is 0 Å². The fourth-order valence-electron chi connectivity index (χ4n) is 1.79. The van der Waals surface area contributed by atoms with Crippen molar-refractivity contribution < 1.29 is 4.74 Å². The molecule has 3 nitrogen and oxygen atoms in total. The lowest BCUT2D eigenvalue weighted by Crippen LogP contribution is -2.04. The van der Waals surface area contributed by atoms with Crippen molar-refractivity contribution in [2.24, 2.45) is 0 Å². The number of rotatable bonds is 6. The Morgan fingerprint density at radius 1 is 1.37 bits per heavy atom. The van der Waals surface area contributed by atoms with Gasteiger partial charge in [-0.15, -0.1) is 11.8 Å². The Balaban J connectivity index is 1.93. The maximum atomic E-state index is 5.92. The molecule has 19 heavy (non-hydrogen) atoms. The van der Waals surface area contributed by atoms with Crippen molar-refractivity contribution >= 4 is 17.6 Å². The molecule has 102 valence electrons. The average molecular weight is 276 g/mol. The van der Waals surface area contributed by atoms with Gasteiger partial charge in [0.05, 0.1) is 5.03 Å². The number of thioether (sulfide) groups is 1. The van der Waals surface area contributed by atoms with E-state index in [1.54, 1.807) is 11.8 Å². The van der Waals surface area contributed by atoms with Gasteiger partial charge in [0.1, 0.15) is 6.61 Å². The van der Waals surface area contributed by atoms with Crippen molar-refractivity contribution in [1.82, 2.24) is 4.98 Å². The molecule has 0 bridgehead atoms. The van der Waals surface area contributed by atoms with Crippen LogP contribution in [-0.2, 0) is 0 Å². The molecule has 0 amide bonds. The van der Waals surface area contributed by atoms with Crippen LogP contribution < -0.4 is 10.5 Å². The van der Waals surface area contributed by atoms with E-state index in [2.05, 4.69) is 30.1 Å². The lowest BCUT2D eigenvalue weighted by atomic mass is 10.1. The van der Waals surface area contributed by atoms with Gasteiger partial charge in [0.25, 0.3) is 0 Å². The van der Waals surface area contributed by atoms with Crippen LogP contribution in [0, 0.1) is 0 Å². The van der Waals surface area contributed by atoms with Gasteiger partial charge in [-0.25, -0.2) is 4.98 Å². The summed E-state index contributed by atoms with van der Waals surface area (Å²) < 4.78 is 5.72. The molecule has 0 saturated heterocycles. The van der Waals surface area contributed by atoms with Crippen LogP contribution in [0.25, 0.3) is 0 Å². The zero-order valence-electron chi connectivity index (χ0n) is 11.3. The number of allylic oxidation sites excluding steroid dienone is 2. The highest BCUT2D eigenvalue weighted by molar-refractivity contribution is 7.99. The van der Waals surface area contributed by atoms with E-state index < -0.39 is 0 Å². The van der Waals surface area contributed by atoms with Crippen LogP contribution in [0.3, 0.4) is 0 Å². The smallest absolute Gasteiger partial charge is 0.167 e. The highest BCUT2D eigenvalue weighted by Crippen LogP contribution is 2.25. The van der Waals surface area contributed by atoms with Crippen LogP contribution >= 0.6 is 11.8 Å². The van der Waals surface area contributed by atoms with Crippen LogP contribution in [0.4, 0.5) is 5.82 Å². The molecule has 0 atom stereocenters. The third-order valence-corrected chi connectivity index (χ3v) is 3.92. The number of hydrogen-bond donors (Lipinski definition) is 1. The topological polar surface area (TPSA) is 48.1 Å². The first-order chi connectivity index (χ1) is 9.29. The summed E-state index contributed by atoms with van der Waals surface area (Å²) in [6.45, 7) is 2.71. The Morgan fingerprint density at radius 3 is 2.95 bits per heavy atom. The maximum absolute atomic E-state index is 5.92. The van der Waals surface area contributed by atoms with Crippen molar-refractivity contribution in [1.29, 1.82) is 0 Å². The third-order valence-electron chi connectivity index (χ3n) is 2.78. The molecule has 0 radical (unpaired) electrons. The fourth-order valence-corrected chi connectivity index (χ4v) is 2.53. The molecule has 2 N–H and O–H groups in total. The van der Waals surface area contributed by atoms with Gasteiger partial charge >= 0.3 is 0 Å². The van der Waals surface area contributed by atoms with E-state index in [0.717, 1.165) is 30.0 Å². The molecule has 1 aromatic rings. The van der Waals surface area contributed by atoms with Crippen molar-refractivity contribution in [3.05, 3.63) is 35.9 Å². The van der Waals surface area contributed by atoms with Crippen molar-refractivity contribution in [3.8, 4) is 5.75 Å². The van der Waals surface area contributed by atoms with Crippen LogP contribution in [0.1, 0.15) is 26.2 Å². The molecule has 1 aliphatic carbocycles. The minimum absolute atomic E-state index is 0.474. The van der Waals surface area contributed by atoms with E-state index in [0.29, 0.717) is 18.2 Å². The van der Waals surface area contributed by atoms with Crippen LogP contribution in [-0.4, -0.2) is 17.3 Å². The maximum Gasteiger partial charge on any atom is 0.167 e. The number of hydrogen-bond acceptors (Lipinski definition) is 4. The lowest BCUT2D eigenvalue weighted by molar-refractivity contribution is 0.355. The van der Waals surface area contributed by atoms with Gasteiger partial charge in [0.15, 0.2) is 11.6 Å². The second-order valence-corrected chi connectivity index (χ2v) is 5.54. The Bertz CT molecular complexity index is 483. The second kappa shape index (κ2) is 7.24. The van der Waals surface area contributed by atoms with Gasteiger partial charge in [-0.3, -0.25) is 0 Å². The number of aromatic nitrogens is 1. The zero-order chi connectivity index (χ0) is 13.5. The number of anilines is 1. The van der Waals surface area contributed by atoms with E-state index in [-0.39, 0.29) is 0 Å². The molecule has 0 spiro atoms. The van der Waals surface area contributed by atoms with E-state index in [1.165, 1.54) is 5.57 Å². The van der Waals surface area contributed by atoms with Gasteiger partial charge < -0.3 is 10.5 Å². The largest absolute Gasteiger partial charge is 0.485 e. The van der Waals surface area contributed by atoms with Gasteiger partial charge in [0.2, 0.25) is 0 Å². The molecule has 0 aliphatic heterocycles. The van der Waals surface area contributed by atoms with E-state index in [1.807, 2.05) is 12.1 Å². The van der Waals surface area contributed by atoms with Gasteiger partial charge in [-0.1, -0.05) is 25.2 Å². The molecular weight excluding hydrogens is 256 g/mol. The Morgan fingerprint density at radius 2 is 2.26 bits per heavy atom. The molecule has 4 heteroatoms. The summed E-state index contributed by atoms with van der Waals surface area (Å²) >= 11 is 1.72. The average Bonchev–Trinajstić information content (AvgIpc) is 2.45. The van der Waals surface area contributed by atoms with Crippen molar-refractivity contribution in [3.63, 3.8) is 0 Å². The van der Waals surface area contributed by atoms with Crippen molar-refractivity contribution in [2.45, 2.75) is 31.2 Å². The molecular formula is C15H20N2OS. The lowest BCUT2D eigenvalue weighted by Gasteiger charge is -2.11. The normalized spacial score (nSPS) is 14.3. The molecule has 1 aromatic heterocycles. The number of nitrogens with two attached hydrogens (primary N) is 1. The van der Waals surface area contributed by atoms with Crippen LogP contribution in [0.15, 0.2) is 41.0 Å². The second-order valence-electron chi connectivity index (χ2n) is 4.43. The first-order valence-corrected chi connectivity index (χ1v) is 7.66. The summed E-state index contributed by atoms with van der Waals surface area (Å²) in [4.78, 5) is 4.35. The number of nitrogen functional groups attached to an aromatic ring is 1. The SMILES string of the molecule is CCCSc1ccc(OCC2=CCCC=C2)c(N)n1. The van der Waals surface area contributed by atoms with Gasteiger partial charge in [-0.2, -0.15) is 0 Å². The first-order valence-electron chi connectivity index (χ1n) is 6.67. The minimum atomic E-state index is 0.474. The summed E-state index contributed by atoms with van der Waals surface area (Å²) in [5, 5.41) is 0.962. The minimum Gasteiger partial charge on any atom is -0.485 e. The first kappa shape index (κ1) is 14.0. The van der Waals surface area contributed by atoms with E-state index in [4.69, 9.17) is 10.5 Å². The standard InChI is InChI=1S/C15H20N2OS/c1-2-10-19-14-9-8-13(15(16)17-14)18-11-12-6-4-3-5-7-12/h4,6-9H,2-3,5,10-11H2,1H3,(H2,16,17). The molecule has 2 rings (SSSR count). The summed E-state index contributed by atoms with van der Waals surface area (Å²) in [6.07, 6.45) is 9.83. The summed E-state index contributed by atoms with van der Waals surface area (Å²) in [6, 6.07) is 3.88. The Kier molecular flexibility index (Phi) is 5.33. The molecule has 0 unspecified atom stereocenters. The number of ether oxygens (including phenoxy) is 1. The number of pyridine rings is 1. The van der Waals surface area contributed by atoms with Crippen LogP contribution in [0.5, 0.6) is 5.75 Å². The predicted octanol–water partition coefficient (Wildman–Crippen LogP) is 3.82. The highest BCUT2D eigenvalue weighted by atomic mass is 32.2. The third kappa shape index (κ3) is 4.31. The molecule has 1 heterocycles. The molecule has 0 saturated carbocycles. The zero-order valence-corrected chi connectivity index (χ0v) is 12.1. The molecule has 0 fully saturated rings. The monoisotopic (exact) mass is 276 g/mol. The predicted molar refractivity (Wildman–Crippen MR) is 81.6 cm³/mol. The summed E-state index contributed by atoms with van der Waals surface area (Å²) in [5.41, 5.74) is 7.13. The Labute approximate surface area is 118 Å². The van der Waals surface area contributed by atoms with Gasteiger partial charge in [0, 0.05) is 0 Å². The Hall–Kier alpha value is -1.42.